The Morgan fingerprint density at radius 2 is 1.57 bits per heavy atom. The molecule has 0 unspecified atom stereocenters. The number of halogens is 1. The van der Waals surface area contributed by atoms with Crippen molar-refractivity contribution in [2.45, 2.75) is 13.0 Å². The first-order valence-electron chi connectivity index (χ1n) is 6.79. The Hall–Kier alpha value is -1.71. The van der Waals surface area contributed by atoms with Gasteiger partial charge < -0.3 is 14.8 Å². The second-order valence-electron chi connectivity index (χ2n) is 4.60. The van der Waals surface area contributed by atoms with Crippen LogP contribution in [0.15, 0.2) is 48.5 Å². The molecular formula is C17H22ClNO2. The Balaban J connectivity index is 0.00000220. The SMILES string of the molecule is COc1ccc(CNCCc2ccccc2)cc1OC.Cl. The Morgan fingerprint density at radius 3 is 2.24 bits per heavy atom. The lowest BCUT2D eigenvalue weighted by Gasteiger charge is -2.10. The van der Waals surface area contributed by atoms with Crippen molar-refractivity contribution in [1.82, 2.24) is 5.32 Å². The quantitative estimate of drug-likeness (QED) is 0.795. The largest absolute Gasteiger partial charge is 0.493 e. The van der Waals surface area contributed by atoms with Crippen LogP contribution in [0, 0.1) is 0 Å². The zero-order valence-corrected chi connectivity index (χ0v) is 13.3. The maximum Gasteiger partial charge on any atom is 0.161 e. The maximum atomic E-state index is 5.30. The molecule has 0 spiro atoms. The maximum absolute atomic E-state index is 5.30. The van der Waals surface area contributed by atoms with Crippen LogP contribution >= 0.6 is 12.4 Å². The molecule has 2 aromatic rings. The van der Waals surface area contributed by atoms with Crippen molar-refractivity contribution in [2.24, 2.45) is 0 Å². The molecule has 0 atom stereocenters. The number of hydrogen-bond donors (Lipinski definition) is 1. The third kappa shape index (κ3) is 5.29. The van der Waals surface area contributed by atoms with Crippen LogP contribution in [0.25, 0.3) is 0 Å². The van der Waals surface area contributed by atoms with Crippen molar-refractivity contribution in [3.05, 3.63) is 59.7 Å². The molecule has 2 rings (SSSR count). The summed E-state index contributed by atoms with van der Waals surface area (Å²) in [5, 5.41) is 3.44. The summed E-state index contributed by atoms with van der Waals surface area (Å²) in [4.78, 5) is 0. The number of methoxy groups -OCH3 is 2. The van der Waals surface area contributed by atoms with Crippen molar-refractivity contribution >= 4 is 12.4 Å². The van der Waals surface area contributed by atoms with Crippen molar-refractivity contribution in [3.63, 3.8) is 0 Å². The van der Waals surface area contributed by atoms with Crippen LogP contribution in [0.3, 0.4) is 0 Å². The molecule has 2 aromatic carbocycles. The lowest BCUT2D eigenvalue weighted by Crippen LogP contribution is -2.16. The van der Waals surface area contributed by atoms with E-state index in [1.54, 1.807) is 14.2 Å². The molecule has 0 aliphatic heterocycles. The normalized spacial score (nSPS) is 9.81. The predicted molar refractivity (Wildman–Crippen MR) is 88.6 cm³/mol. The molecule has 21 heavy (non-hydrogen) atoms. The van der Waals surface area contributed by atoms with Gasteiger partial charge in [-0.3, -0.25) is 0 Å². The molecule has 0 aromatic heterocycles. The highest BCUT2D eigenvalue weighted by atomic mass is 35.5. The minimum Gasteiger partial charge on any atom is -0.493 e. The average molecular weight is 308 g/mol. The van der Waals surface area contributed by atoms with Gasteiger partial charge >= 0.3 is 0 Å². The average Bonchev–Trinajstić information content (AvgIpc) is 2.52. The molecule has 0 aliphatic rings. The zero-order chi connectivity index (χ0) is 14.2. The van der Waals surface area contributed by atoms with Gasteiger partial charge in [0.25, 0.3) is 0 Å². The van der Waals surface area contributed by atoms with Gasteiger partial charge in [0.05, 0.1) is 14.2 Å². The van der Waals surface area contributed by atoms with E-state index in [0.717, 1.165) is 31.0 Å². The van der Waals surface area contributed by atoms with Gasteiger partial charge in [-0.15, -0.1) is 12.4 Å². The summed E-state index contributed by atoms with van der Waals surface area (Å²) in [6.07, 6.45) is 1.04. The highest BCUT2D eigenvalue weighted by molar-refractivity contribution is 5.85. The van der Waals surface area contributed by atoms with Gasteiger partial charge in [0.2, 0.25) is 0 Å². The summed E-state index contributed by atoms with van der Waals surface area (Å²) in [6.45, 7) is 1.78. The molecule has 0 saturated heterocycles. The van der Waals surface area contributed by atoms with Crippen LogP contribution in [0.5, 0.6) is 11.5 Å². The summed E-state index contributed by atoms with van der Waals surface area (Å²) >= 11 is 0. The number of rotatable bonds is 7. The van der Waals surface area contributed by atoms with E-state index in [0.29, 0.717) is 0 Å². The summed E-state index contributed by atoms with van der Waals surface area (Å²) in [5.41, 5.74) is 2.54. The predicted octanol–water partition coefficient (Wildman–Crippen LogP) is 3.46. The van der Waals surface area contributed by atoms with Crippen LogP contribution in [0.2, 0.25) is 0 Å². The van der Waals surface area contributed by atoms with Crippen molar-refractivity contribution in [2.75, 3.05) is 20.8 Å². The van der Waals surface area contributed by atoms with Crippen LogP contribution in [0.4, 0.5) is 0 Å². The molecule has 0 heterocycles. The summed E-state index contributed by atoms with van der Waals surface area (Å²) in [7, 11) is 3.31. The first kappa shape index (κ1) is 17.3. The Bertz CT molecular complexity index is 532. The molecule has 0 saturated carbocycles. The number of ether oxygens (including phenoxy) is 2. The molecule has 0 fully saturated rings. The standard InChI is InChI=1S/C17H21NO2.ClH/c1-19-16-9-8-15(12-17(16)20-2)13-18-11-10-14-6-4-3-5-7-14;/h3-9,12,18H,10-11,13H2,1-2H3;1H. The monoisotopic (exact) mass is 307 g/mol. The van der Waals surface area contributed by atoms with E-state index in [1.165, 1.54) is 11.1 Å². The lowest BCUT2D eigenvalue weighted by atomic mass is 10.1. The van der Waals surface area contributed by atoms with Gasteiger partial charge in [-0.2, -0.15) is 0 Å². The fourth-order valence-corrected chi connectivity index (χ4v) is 2.10. The van der Waals surface area contributed by atoms with E-state index < -0.39 is 0 Å². The van der Waals surface area contributed by atoms with Crippen LogP contribution < -0.4 is 14.8 Å². The first-order valence-corrected chi connectivity index (χ1v) is 6.79. The lowest BCUT2D eigenvalue weighted by molar-refractivity contribution is 0.354. The van der Waals surface area contributed by atoms with Crippen LogP contribution in [-0.4, -0.2) is 20.8 Å². The van der Waals surface area contributed by atoms with Crippen molar-refractivity contribution in [3.8, 4) is 11.5 Å². The molecule has 114 valence electrons. The second kappa shape index (κ2) is 9.27. The molecule has 0 amide bonds. The number of benzene rings is 2. The fourth-order valence-electron chi connectivity index (χ4n) is 2.10. The van der Waals surface area contributed by atoms with Gasteiger partial charge in [-0.1, -0.05) is 36.4 Å². The van der Waals surface area contributed by atoms with Gasteiger partial charge in [-0.05, 0) is 36.2 Å². The highest BCUT2D eigenvalue weighted by Crippen LogP contribution is 2.27. The van der Waals surface area contributed by atoms with E-state index in [4.69, 9.17) is 9.47 Å². The minimum absolute atomic E-state index is 0. The van der Waals surface area contributed by atoms with Crippen LogP contribution in [0.1, 0.15) is 11.1 Å². The van der Waals surface area contributed by atoms with E-state index in [1.807, 2.05) is 18.2 Å². The van der Waals surface area contributed by atoms with Gasteiger partial charge in [0.1, 0.15) is 0 Å². The van der Waals surface area contributed by atoms with Gasteiger partial charge in [-0.25, -0.2) is 0 Å². The van der Waals surface area contributed by atoms with E-state index >= 15 is 0 Å². The second-order valence-corrected chi connectivity index (χ2v) is 4.60. The molecule has 0 aliphatic carbocycles. The smallest absolute Gasteiger partial charge is 0.161 e. The topological polar surface area (TPSA) is 30.5 Å². The molecular weight excluding hydrogens is 286 g/mol. The van der Waals surface area contributed by atoms with E-state index in [2.05, 4.69) is 35.6 Å². The van der Waals surface area contributed by atoms with Gasteiger partial charge in [0.15, 0.2) is 11.5 Å². The molecule has 3 nitrogen and oxygen atoms in total. The zero-order valence-electron chi connectivity index (χ0n) is 12.5. The first-order chi connectivity index (χ1) is 9.83. The minimum atomic E-state index is 0. The summed E-state index contributed by atoms with van der Waals surface area (Å²) < 4.78 is 10.5. The van der Waals surface area contributed by atoms with E-state index in [-0.39, 0.29) is 12.4 Å². The Morgan fingerprint density at radius 1 is 0.857 bits per heavy atom. The van der Waals surface area contributed by atoms with Crippen LogP contribution in [-0.2, 0) is 13.0 Å². The Kier molecular flexibility index (Phi) is 7.65. The third-order valence-electron chi connectivity index (χ3n) is 3.21. The summed E-state index contributed by atoms with van der Waals surface area (Å²) in [6, 6.07) is 16.5. The Labute approximate surface area is 132 Å². The third-order valence-corrected chi connectivity index (χ3v) is 3.21. The molecule has 0 bridgehead atoms. The van der Waals surface area contributed by atoms with Crippen molar-refractivity contribution < 1.29 is 9.47 Å². The van der Waals surface area contributed by atoms with Crippen molar-refractivity contribution in [1.29, 1.82) is 0 Å². The number of hydrogen-bond acceptors (Lipinski definition) is 3. The molecule has 0 radical (unpaired) electrons. The molecule has 4 heteroatoms. The molecule has 1 N–H and O–H groups in total. The highest BCUT2D eigenvalue weighted by Gasteiger charge is 2.04. The fraction of sp³-hybridized carbons (Fsp3) is 0.294. The number of nitrogens with one attached hydrogen (secondary N) is 1. The van der Waals surface area contributed by atoms with Gasteiger partial charge in [0, 0.05) is 6.54 Å². The summed E-state index contributed by atoms with van der Waals surface area (Å²) in [5.74, 6) is 1.54. The van der Waals surface area contributed by atoms with E-state index in [9.17, 15) is 0 Å².